The summed E-state index contributed by atoms with van der Waals surface area (Å²) in [7, 11) is 0. The van der Waals surface area contributed by atoms with Crippen LogP contribution in [0.2, 0.25) is 0 Å². The number of hydrogen-bond donors (Lipinski definition) is 2. The van der Waals surface area contributed by atoms with Crippen molar-refractivity contribution in [2.24, 2.45) is 5.92 Å². The van der Waals surface area contributed by atoms with Crippen molar-refractivity contribution in [2.75, 3.05) is 0 Å². The van der Waals surface area contributed by atoms with Gasteiger partial charge in [-0.1, -0.05) is 13.3 Å². The Kier molecular flexibility index (Phi) is 4.60. The fourth-order valence-electron chi connectivity index (χ4n) is 2.94. The van der Waals surface area contributed by atoms with Crippen molar-refractivity contribution in [3.05, 3.63) is 29.6 Å². The van der Waals surface area contributed by atoms with E-state index in [0.717, 1.165) is 24.8 Å². The molecule has 1 aromatic heterocycles. The van der Waals surface area contributed by atoms with Gasteiger partial charge in [-0.05, 0) is 50.2 Å². The first kappa shape index (κ1) is 15.5. The summed E-state index contributed by atoms with van der Waals surface area (Å²) in [6.07, 6.45) is 6.86. The largest absolute Gasteiger partial charge is 0.480 e. The number of rotatable bonds is 4. The molecule has 0 spiro atoms. The molecule has 0 unspecified atom stereocenters. The van der Waals surface area contributed by atoms with Gasteiger partial charge in [0.15, 0.2) is 0 Å². The standard InChI is InChI=1S/C16H22N2O3/c1-3-12-4-6-16(7-5-12,15(20)21)18-14(19)13-8-11(2)9-17-10-13/h8-10,12H,3-7H2,1-2H3,(H,18,19)(H,20,21). The number of aromatic nitrogens is 1. The molecule has 1 aromatic rings. The Morgan fingerprint density at radius 3 is 2.57 bits per heavy atom. The molecule has 21 heavy (non-hydrogen) atoms. The third-order valence-corrected chi connectivity index (χ3v) is 4.44. The van der Waals surface area contributed by atoms with Crippen LogP contribution in [-0.2, 0) is 4.79 Å². The SMILES string of the molecule is CCC1CCC(NC(=O)c2cncc(C)c2)(C(=O)O)CC1. The van der Waals surface area contributed by atoms with Gasteiger partial charge in [0.1, 0.15) is 5.54 Å². The summed E-state index contributed by atoms with van der Waals surface area (Å²) in [4.78, 5) is 28.0. The van der Waals surface area contributed by atoms with Crippen LogP contribution < -0.4 is 5.32 Å². The lowest BCUT2D eigenvalue weighted by Crippen LogP contribution is -2.56. The van der Waals surface area contributed by atoms with Crippen LogP contribution in [0.25, 0.3) is 0 Å². The molecule has 2 rings (SSSR count). The molecular weight excluding hydrogens is 268 g/mol. The lowest BCUT2D eigenvalue weighted by molar-refractivity contribution is -0.146. The van der Waals surface area contributed by atoms with Crippen molar-refractivity contribution < 1.29 is 14.7 Å². The van der Waals surface area contributed by atoms with E-state index in [4.69, 9.17) is 0 Å². The van der Waals surface area contributed by atoms with Gasteiger partial charge in [0.05, 0.1) is 5.56 Å². The predicted octanol–water partition coefficient (Wildman–Crippen LogP) is 2.54. The first-order valence-electron chi connectivity index (χ1n) is 7.44. The van der Waals surface area contributed by atoms with E-state index in [0.29, 0.717) is 24.3 Å². The highest BCUT2D eigenvalue weighted by Crippen LogP contribution is 2.34. The van der Waals surface area contributed by atoms with Crippen LogP contribution in [-0.4, -0.2) is 27.5 Å². The molecule has 1 amide bonds. The minimum absolute atomic E-state index is 0.358. The van der Waals surface area contributed by atoms with Crippen LogP contribution in [0.5, 0.6) is 0 Å². The van der Waals surface area contributed by atoms with Crippen LogP contribution in [0.1, 0.15) is 54.9 Å². The Balaban J connectivity index is 2.14. The van der Waals surface area contributed by atoms with Crippen LogP contribution in [0.4, 0.5) is 0 Å². The Labute approximate surface area is 124 Å². The van der Waals surface area contributed by atoms with E-state index in [1.54, 1.807) is 12.3 Å². The van der Waals surface area contributed by atoms with Crippen LogP contribution in [0.3, 0.4) is 0 Å². The fourth-order valence-corrected chi connectivity index (χ4v) is 2.94. The van der Waals surface area contributed by atoms with Crippen LogP contribution >= 0.6 is 0 Å². The van der Waals surface area contributed by atoms with Gasteiger partial charge in [-0.3, -0.25) is 9.78 Å². The number of pyridine rings is 1. The Morgan fingerprint density at radius 2 is 2.05 bits per heavy atom. The highest BCUT2D eigenvalue weighted by molar-refractivity contribution is 5.97. The molecule has 0 saturated heterocycles. The van der Waals surface area contributed by atoms with E-state index < -0.39 is 11.5 Å². The number of carbonyl (C=O) groups excluding carboxylic acids is 1. The minimum atomic E-state index is -1.13. The van der Waals surface area contributed by atoms with Gasteiger partial charge in [-0.25, -0.2) is 4.79 Å². The molecule has 1 aliphatic carbocycles. The number of aliphatic carboxylic acids is 1. The predicted molar refractivity (Wildman–Crippen MR) is 79.1 cm³/mol. The first-order valence-corrected chi connectivity index (χ1v) is 7.44. The molecule has 0 bridgehead atoms. The fraction of sp³-hybridized carbons (Fsp3) is 0.562. The number of nitrogens with zero attached hydrogens (tertiary/aromatic N) is 1. The number of hydrogen-bond acceptors (Lipinski definition) is 3. The number of carboxylic acid groups (broad SMARTS) is 1. The maximum Gasteiger partial charge on any atom is 0.329 e. The highest BCUT2D eigenvalue weighted by atomic mass is 16.4. The van der Waals surface area contributed by atoms with Gasteiger partial charge in [-0.2, -0.15) is 0 Å². The van der Waals surface area contributed by atoms with E-state index in [-0.39, 0.29) is 5.91 Å². The summed E-state index contributed by atoms with van der Waals surface area (Å²) in [6.45, 7) is 3.97. The zero-order valence-corrected chi connectivity index (χ0v) is 12.6. The normalized spacial score (nSPS) is 25.3. The summed E-state index contributed by atoms with van der Waals surface area (Å²) >= 11 is 0. The van der Waals surface area contributed by atoms with Crippen molar-refractivity contribution >= 4 is 11.9 Å². The molecule has 0 atom stereocenters. The monoisotopic (exact) mass is 290 g/mol. The Morgan fingerprint density at radius 1 is 1.38 bits per heavy atom. The topological polar surface area (TPSA) is 79.3 Å². The zero-order chi connectivity index (χ0) is 15.5. The smallest absolute Gasteiger partial charge is 0.329 e. The average molecular weight is 290 g/mol. The molecule has 1 aliphatic rings. The molecule has 5 nitrogen and oxygen atoms in total. The Bertz CT molecular complexity index is 534. The minimum Gasteiger partial charge on any atom is -0.480 e. The molecular formula is C16H22N2O3. The third kappa shape index (κ3) is 3.40. The highest BCUT2D eigenvalue weighted by Gasteiger charge is 2.43. The molecule has 1 fully saturated rings. The van der Waals surface area contributed by atoms with E-state index in [1.807, 2.05) is 6.92 Å². The lowest BCUT2D eigenvalue weighted by Gasteiger charge is -2.37. The average Bonchev–Trinajstić information content (AvgIpc) is 2.47. The second-order valence-electron chi connectivity index (χ2n) is 5.94. The second kappa shape index (κ2) is 6.24. The molecule has 0 aliphatic heterocycles. The van der Waals surface area contributed by atoms with Crippen LogP contribution in [0, 0.1) is 12.8 Å². The molecule has 5 heteroatoms. The third-order valence-electron chi connectivity index (χ3n) is 4.44. The van der Waals surface area contributed by atoms with Crippen LogP contribution in [0.15, 0.2) is 18.5 Å². The summed E-state index contributed by atoms with van der Waals surface area (Å²) in [6, 6.07) is 1.72. The van der Waals surface area contributed by atoms with Gasteiger partial charge < -0.3 is 10.4 Å². The number of carbonyl (C=O) groups is 2. The maximum atomic E-state index is 12.3. The van der Waals surface area contributed by atoms with Crippen molar-refractivity contribution in [3.63, 3.8) is 0 Å². The Hall–Kier alpha value is -1.91. The zero-order valence-electron chi connectivity index (χ0n) is 12.6. The van der Waals surface area contributed by atoms with Crippen molar-refractivity contribution in [3.8, 4) is 0 Å². The van der Waals surface area contributed by atoms with E-state index >= 15 is 0 Å². The number of aryl methyl sites for hydroxylation is 1. The van der Waals surface area contributed by atoms with Gasteiger partial charge in [-0.15, -0.1) is 0 Å². The number of amides is 1. The molecule has 0 aromatic carbocycles. The quantitative estimate of drug-likeness (QED) is 0.893. The van der Waals surface area contributed by atoms with Crippen molar-refractivity contribution in [2.45, 2.75) is 51.5 Å². The van der Waals surface area contributed by atoms with Gasteiger partial charge in [0, 0.05) is 12.4 Å². The number of nitrogens with one attached hydrogen (secondary N) is 1. The summed E-state index contributed by atoms with van der Waals surface area (Å²) in [5.74, 6) is -0.732. The van der Waals surface area contributed by atoms with Crippen molar-refractivity contribution in [1.82, 2.24) is 10.3 Å². The molecule has 1 heterocycles. The first-order chi connectivity index (χ1) is 9.97. The van der Waals surface area contributed by atoms with E-state index in [2.05, 4.69) is 17.2 Å². The molecule has 0 radical (unpaired) electrons. The second-order valence-corrected chi connectivity index (χ2v) is 5.94. The summed E-state index contributed by atoms with van der Waals surface area (Å²) < 4.78 is 0. The van der Waals surface area contributed by atoms with Crippen molar-refractivity contribution in [1.29, 1.82) is 0 Å². The summed E-state index contributed by atoms with van der Waals surface area (Å²) in [5.41, 5.74) is 0.155. The lowest BCUT2D eigenvalue weighted by atomic mass is 9.75. The summed E-state index contributed by atoms with van der Waals surface area (Å²) in [5, 5.41) is 12.3. The maximum absolute atomic E-state index is 12.3. The van der Waals surface area contributed by atoms with Gasteiger partial charge in [0.25, 0.3) is 5.91 Å². The molecule has 114 valence electrons. The number of carboxylic acids is 1. The van der Waals surface area contributed by atoms with Gasteiger partial charge in [0.2, 0.25) is 0 Å². The molecule has 2 N–H and O–H groups in total. The van der Waals surface area contributed by atoms with E-state index in [1.165, 1.54) is 6.20 Å². The van der Waals surface area contributed by atoms with Gasteiger partial charge >= 0.3 is 5.97 Å². The van der Waals surface area contributed by atoms with E-state index in [9.17, 15) is 14.7 Å². The molecule has 1 saturated carbocycles.